The molecular weight excluding hydrogens is 393 g/mol. The largest absolute Gasteiger partial charge is 0.484 e. The van der Waals surface area contributed by atoms with Crippen LogP contribution < -0.4 is 15.4 Å². The highest BCUT2D eigenvalue weighted by atomic mass is 19.4. The van der Waals surface area contributed by atoms with E-state index < -0.39 is 12.8 Å². The molecule has 0 unspecified atom stereocenters. The number of alkyl halides is 3. The second kappa shape index (κ2) is 9.35. The molecule has 0 aliphatic heterocycles. The Kier molecular flexibility index (Phi) is 6.61. The van der Waals surface area contributed by atoms with Crippen molar-refractivity contribution in [3.8, 4) is 5.75 Å². The first-order valence-corrected chi connectivity index (χ1v) is 9.30. The normalized spacial score (nSPS) is 11.1. The highest BCUT2D eigenvalue weighted by Gasteiger charge is 2.28. The van der Waals surface area contributed by atoms with Crippen molar-refractivity contribution >= 4 is 17.3 Å². The maximum absolute atomic E-state index is 12.4. The van der Waals surface area contributed by atoms with E-state index in [0.29, 0.717) is 17.8 Å². The summed E-state index contributed by atoms with van der Waals surface area (Å²) in [5.74, 6) is -0.0439. The molecule has 7 heteroatoms. The molecule has 2 N–H and O–H groups in total. The maximum Gasteiger partial charge on any atom is 0.422 e. The van der Waals surface area contributed by atoms with E-state index in [1.54, 1.807) is 42.5 Å². The molecular formula is C23H21F3N2O2. The van der Waals surface area contributed by atoms with Crippen LogP contribution >= 0.6 is 0 Å². The summed E-state index contributed by atoms with van der Waals surface area (Å²) < 4.78 is 41.8. The van der Waals surface area contributed by atoms with Crippen molar-refractivity contribution < 1.29 is 22.7 Å². The number of ether oxygens (including phenoxy) is 1. The minimum absolute atomic E-state index is 0.159. The van der Waals surface area contributed by atoms with Crippen molar-refractivity contribution in [2.45, 2.75) is 19.6 Å². The average molecular weight is 414 g/mol. The van der Waals surface area contributed by atoms with E-state index in [0.717, 1.165) is 16.8 Å². The highest BCUT2D eigenvalue weighted by Crippen LogP contribution is 2.25. The van der Waals surface area contributed by atoms with E-state index >= 15 is 0 Å². The van der Waals surface area contributed by atoms with E-state index in [9.17, 15) is 18.0 Å². The molecule has 0 aliphatic carbocycles. The first-order chi connectivity index (χ1) is 14.3. The summed E-state index contributed by atoms with van der Waals surface area (Å²) in [5, 5.41) is 6.15. The van der Waals surface area contributed by atoms with Crippen LogP contribution in [0.5, 0.6) is 5.75 Å². The third-order valence-electron chi connectivity index (χ3n) is 4.40. The summed E-state index contributed by atoms with van der Waals surface area (Å²) in [4.78, 5) is 12.4. The number of carbonyl (C=O) groups excluding carboxylic acids is 1. The molecule has 30 heavy (non-hydrogen) atoms. The van der Waals surface area contributed by atoms with Gasteiger partial charge in [0.1, 0.15) is 5.75 Å². The lowest BCUT2D eigenvalue weighted by Crippen LogP contribution is -2.19. The summed E-state index contributed by atoms with van der Waals surface area (Å²) in [6.07, 6.45) is -4.38. The lowest BCUT2D eigenvalue weighted by atomic mass is 10.1. The fraction of sp³-hybridized carbons (Fsp3) is 0.174. The fourth-order valence-corrected chi connectivity index (χ4v) is 2.85. The van der Waals surface area contributed by atoms with Gasteiger partial charge in [0.15, 0.2) is 6.61 Å². The van der Waals surface area contributed by atoms with E-state index in [1.165, 1.54) is 6.07 Å². The zero-order valence-electron chi connectivity index (χ0n) is 16.3. The molecule has 0 saturated heterocycles. The molecule has 3 aromatic carbocycles. The van der Waals surface area contributed by atoms with Crippen LogP contribution in [0.3, 0.4) is 0 Å². The third-order valence-corrected chi connectivity index (χ3v) is 4.40. The zero-order chi connectivity index (χ0) is 21.6. The van der Waals surface area contributed by atoms with Crippen LogP contribution in [0.15, 0.2) is 72.8 Å². The number of halogens is 3. The number of carbonyl (C=O) groups is 1. The predicted octanol–water partition coefficient (Wildman–Crippen LogP) is 5.80. The summed E-state index contributed by atoms with van der Waals surface area (Å²) in [7, 11) is 0. The van der Waals surface area contributed by atoms with Gasteiger partial charge in [0.05, 0.1) is 0 Å². The molecule has 0 spiro atoms. The molecule has 0 bridgehead atoms. The van der Waals surface area contributed by atoms with Gasteiger partial charge in [-0.3, -0.25) is 4.79 Å². The molecule has 3 rings (SSSR count). The Labute approximate surface area is 172 Å². The Morgan fingerprint density at radius 2 is 1.63 bits per heavy atom. The molecule has 1 amide bonds. The van der Waals surface area contributed by atoms with Crippen LogP contribution in [-0.2, 0) is 6.54 Å². The Balaban J connectivity index is 1.65. The fourth-order valence-electron chi connectivity index (χ4n) is 2.85. The lowest BCUT2D eigenvalue weighted by Gasteiger charge is -2.15. The SMILES string of the molecule is Cc1c(NCc2cccc(OCC(F)(F)F)c2)cccc1NC(=O)c1ccccc1. The smallest absolute Gasteiger partial charge is 0.422 e. The molecule has 0 saturated carbocycles. The number of anilines is 2. The first-order valence-electron chi connectivity index (χ1n) is 9.30. The topological polar surface area (TPSA) is 50.4 Å². The van der Waals surface area contributed by atoms with Crippen molar-refractivity contribution in [3.05, 3.63) is 89.5 Å². The van der Waals surface area contributed by atoms with Crippen molar-refractivity contribution in [2.24, 2.45) is 0 Å². The highest BCUT2D eigenvalue weighted by molar-refractivity contribution is 6.04. The standard InChI is InChI=1S/C23H21F3N2O2/c1-16-20(11-6-12-21(16)28-22(29)18-8-3-2-4-9-18)27-14-17-7-5-10-19(13-17)30-15-23(24,25)26/h2-13,27H,14-15H2,1H3,(H,28,29). The van der Waals surface area contributed by atoms with Crippen LogP contribution in [-0.4, -0.2) is 18.7 Å². The quantitative estimate of drug-likeness (QED) is 0.514. The van der Waals surface area contributed by atoms with Gasteiger partial charge in [-0.2, -0.15) is 13.2 Å². The van der Waals surface area contributed by atoms with Gasteiger partial charge in [0.25, 0.3) is 5.91 Å². The number of amides is 1. The van der Waals surface area contributed by atoms with E-state index in [2.05, 4.69) is 10.6 Å². The Morgan fingerprint density at radius 3 is 2.37 bits per heavy atom. The summed E-state index contributed by atoms with van der Waals surface area (Å²) >= 11 is 0. The monoisotopic (exact) mass is 414 g/mol. The molecule has 3 aromatic rings. The zero-order valence-corrected chi connectivity index (χ0v) is 16.3. The van der Waals surface area contributed by atoms with Gasteiger partial charge in [0, 0.05) is 23.5 Å². The summed E-state index contributed by atoms with van der Waals surface area (Å²) in [6, 6.07) is 20.9. The second-order valence-corrected chi connectivity index (χ2v) is 6.70. The molecule has 0 heterocycles. The number of nitrogens with one attached hydrogen (secondary N) is 2. The van der Waals surface area contributed by atoms with Crippen LogP contribution in [0.4, 0.5) is 24.5 Å². The second-order valence-electron chi connectivity index (χ2n) is 6.70. The van der Waals surface area contributed by atoms with Crippen LogP contribution in [0.1, 0.15) is 21.5 Å². The van der Waals surface area contributed by atoms with Gasteiger partial charge in [-0.05, 0) is 54.4 Å². The van der Waals surface area contributed by atoms with Crippen molar-refractivity contribution in [1.82, 2.24) is 0 Å². The van der Waals surface area contributed by atoms with Crippen LogP contribution in [0.25, 0.3) is 0 Å². The number of hydrogen-bond acceptors (Lipinski definition) is 3. The van der Waals surface area contributed by atoms with E-state index in [4.69, 9.17) is 4.74 Å². The Hall–Kier alpha value is -3.48. The first kappa shape index (κ1) is 21.2. The Bertz CT molecular complexity index is 1000. The van der Waals surface area contributed by atoms with Gasteiger partial charge < -0.3 is 15.4 Å². The van der Waals surface area contributed by atoms with Gasteiger partial charge in [-0.15, -0.1) is 0 Å². The van der Waals surface area contributed by atoms with Crippen LogP contribution in [0.2, 0.25) is 0 Å². The van der Waals surface area contributed by atoms with Crippen molar-refractivity contribution in [2.75, 3.05) is 17.2 Å². The predicted molar refractivity (Wildman–Crippen MR) is 111 cm³/mol. The van der Waals surface area contributed by atoms with Crippen molar-refractivity contribution in [1.29, 1.82) is 0 Å². The molecule has 0 fully saturated rings. The number of benzene rings is 3. The Morgan fingerprint density at radius 1 is 0.933 bits per heavy atom. The molecule has 0 radical (unpaired) electrons. The molecule has 0 aliphatic rings. The van der Waals surface area contributed by atoms with Crippen LogP contribution in [0, 0.1) is 6.92 Å². The van der Waals surface area contributed by atoms with Gasteiger partial charge in [-0.1, -0.05) is 36.4 Å². The summed E-state index contributed by atoms with van der Waals surface area (Å²) in [5.41, 5.74) is 3.67. The number of hydrogen-bond donors (Lipinski definition) is 2. The maximum atomic E-state index is 12.4. The van der Waals surface area contributed by atoms with Crippen molar-refractivity contribution in [3.63, 3.8) is 0 Å². The minimum atomic E-state index is -4.38. The molecule has 4 nitrogen and oxygen atoms in total. The minimum Gasteiger partial charge on any atom is -0.484 e. The van der Waals surface area contributed by atoms with E-state index in [-0.39, 0.29) is 11.7 Å². The lowest BCUT2D eigenvalue weighted by molar-refractivity contribution is -0.153. The number of rotatable bonds is 7. The van der Waals surface area contributed by atoms with Gasteiger partial charge in [0.2, 0.25) is 0 Å². The van der Waals surface area contributed by atoms with Gasteiger partial charge in [-0.25, -0.2) is 0 Å². The molecule has 0 aromatic heterocycles. The average Bonchev–Trinajstić information content (AvgIpc) is 2.73. The molecule has 156 valence electrons. The summed E-state index contributed by atoms with van der Waals surface area (Å²) in [6.45, 7) is 0.943. The third kappa shape index (κ3) is 6.01. The molecule has 0 atom stereocenters. The van der Waals surface area contributed by atoms with E-state index in [1.807, 2.05) is 31.2 Å². The van der Waals surface area contributed by atoms with Gasteiger partial charge >= 0.3 is 6.18 Å².